The van der Waals surface area contributed by atoms with Crippen LogP contribution in [0.3, 0.4) is 0 Å². The molecule has 0 fully saturated rings. The van der Waals surface area contributed by atoms with Crippen molar-refractivity contribution in [3.63, 3.8) is 0 Å². The molecule has 0 saturated heterocycles. The molecule has 6 nitrogen and oxygen atoms in total. The average molecular weight is 472 g/mol. The van der Waals surface area contributed by atoms with Crippen molar-refractivity contribution in [3.05, 3.63) is 78.4 Å². The second-order valence-electron chi connectivity index (χ2n) is 6.38. The molecule has 0 bridgehead atoms. The molecule has 10 heteroatoms. The lowest BCUT2D eigenvalue weighted by atomic mass is 10.2. The molecule has 29 heavy (non-hydrogen) atoms. The number of benzene rings is 1. The minimum Gasteiger partial charge on any atom is -0.348 e. The Kier molecular flexibility index (Phi) is 7.40. The number of amidine groups is 1. The van der Waals surface area contributed by atoms with E-state index in [4.69, 9.17) is 34.8 Å². The molecular weight excluding hydrogens is 455 g/mol. The molecule has 2 aromatic rings. The van der Waals surface area contributed by atoms with Crippen LogP contribution in [-0.2, 0) is 6.54 Å². The Morgan fingerprint density at radius 1 is 1.28 bits per heavy atom. The van der Waals surface area contributed by atoms with Crippen molar-refractivity contribution in [3.8, 4) is 0 Å². The molecule has 0 aliphatic carbocycles. The molecule has 0 radical (unpaired) electrons. The smallest absolute Gasteiger partial charge is 0.302 e. The Bertz CT molecular complexity index is 945. The summed E-state index contributed by atoms with van der Waals surface area (Å²) in [4.78, 5) is 23.0. The van der Waals surface area contributed by atoms with Gasteiger partial charge in [0.15, 0.2) is 5.84 Å². The normalized spacial score (nSPS) is 14.5. The maximum atomic E-state index is 12.0. The third-order valence-corrected chi connectivity index (χ3v) is 6.28. The summed E-state index contributed by atoms with van der Waals surface area (Å²) in [5.41, 5.74) is 1.96. The Balaban J connectivity index is 1.87. The number of hydrogen-bond acceptors (Lipinski definition) is 6. The molecule has 1 aromatic heterocycles. The lowest BCUT2D eigenvalue weighted by Gasteiger charge is -2.23. The number of rotatable bonds is 7. The van der Waals surface area contributed by atoms with E-state index in [1.54, 1.807) is 12.3 Å². The second-order valence-corrected chi connectivity index (χ2v) is 8.83. The lowest BCUT2D eigenvalue weighted by molar-refractivity contribution is -0.492. The van der Waals surface area contributed by atoms with Crippen molar-refractivity contribution in [2.75, 3.05) is 13.1 Å². The van der Waals surface area contributed by atoms with Gasteiger partial charge < -0.3 is 4.90 Å². The van der Waals surface area contributed by atoms with Crippen LogP contribution in [0.15, 0.2) is 61.9 Å². The van der Waals surface area contributed by atoms with Crippen LogP contribution < -0.4 is 0 Å². The van der Waals surface area contributed by atoms with E-state index in [1.165, 1.54) is 11.8 Å². The topological polar surface area (TPSA) is 71.6 Å². The van der Waals surface area contributed by atoms with E-state index >= 15 is 0 Å². The van der Waals surface area contributed by atoms with E-state index in [2.05, 4.69) is 9.98 Å². The van der Waals surface area contributed by atoms with Gasteiger partial charge in [0.2, 0.25) is 0 Å². The van der Waals surface area contributed by atoms with Gasteiger partial charge in [0.05, 0.1) is 6.54 Å². The van der Waals surface area contributed by atoms with E-state index in [0.29, 0.717) is 30.6 Å². The van der Waals surface area contributed by atoms with Crippen molar-refractivity contribution in [1.29, 1.82) is 0 Å². The monoisotopic (exact) mass is 470 g/mol. The van der Waals surface area contributed by atoms with Crippen molar-refractivity contribution in [2.24, 2.45) is 4.99 Å². The van der Waals surface area contributed by atoms with Crippen LogP contribution in [0.4, 0.5) is 0 Å². The van der Waals surface area contributed by atoms with Gasteiger partial charge >= 0.3 is 6.04 Å². The quantitative estimate of drug-likeness (QED) is 0.236. The summed E-state index contributed by atoms with van der Waals surface area (Å²) in [7, 11) is 0. The predicted molar refractivity (Wildman–Crippen MR) is 119 cm³/mol. The first-order valence-electron chi connectivity index (χ1n) is 8.68. The van der Waals surface area contributed by atoms with Gasteiger partial charge in [0.1, 0.15) is 14.5 Å². The summed E-state index contributed by atoms with van der Waals surface area (Å²) in [6, 6.07) is 9.87. The molecule has 3 rings (SSSR count). The van der Waals surface area contributed by atoms with E-state index < -0.39 is 11.0 Å². The van der Waals surface area contributed by atoms with Crippen LogP contribution in [-0.4, -0.2) is 39.8 Å². The number of aromatic nitrogens is 1. The third-order valence-electron chi connectivity index (χ3n) is 4.27. The molecule has 1 aliphatic rings. The number of aryl methyl sites for hydroxylation is 1. The van der Waals surface area contributed by atoms with E-state index in [9.17, 15) is 10.1 Å². The van der Waals surface area contributed by atoms with Crippen LogP contribution in [0, 0.1) is 17.0 Å². The summed E-state index contributed by atoms with van der Waals surface area (Å²) in [6.45, 7) is 3.42. The van der Waals surface area contributed by atoms with Gasteiger partial charge in [-0.15, -0.1) is 0 Å². The highest BCUT2D eigenvalue weighted by Gasteiger charge is 2.39. The first-order valence-corrected chi connectivity index (χ1v) is 10.6. The minimum atomic E-state index is -1.26. The first kappa shape index (κ1) is 21.9. The van der Waals surface area contributed by atoms with Crippen LogP contribution >= 0.6 is 46.6 Å². The number of hydrogen-bond donors (Lipinski definition) is 0. The fraction of sp³-hybridized carbons (Fsp3) is 0.263. The molecule has 152 valence electrons. The zero-order chi connectivity index (χ0) is 21.0. The molecule has 0 N–H and O–H groups in total. The highest BCUT2D eigenvalue weighted by molar-refractivity contribution is 8.03. The molecule has 0 amide bonds. The van der Waals surface area contributed by atoms with Gasteiger partial charge in [-0.3, -0.25) is 15.1 Å². The number of halogens is 3. The van der Waals surface area contributed by atoms with Gasteiger partial charge in [-0.05, 0) is 30.7 Å². The Morgan fingerprint density at radius 3 is 2.59 bits per heavy atom. The SMILES string of the molecule is Cc1ccc(SC(=C(Cl)Cl)C(C2=NCCN2Cc2ccc(Cl)nc2)[N+](=O)[O-])cc1. The van der Waals surface area contributed by atoms with Crippen molar-refractivity contribution >= 4 is 52.4 Å². The largest absolute Gasteiger partial charge is 0.348 e. The van der Waals surface area contributed by atoms with Crippen LogP contribution in [0.2, 0.25) is 5.15 Å². The predicted octanol–water partition coefficient (Wildman–Crippen LogP) is 5.34. The number of thioether (sulfide) groups is 1. The summed E-state index contributed by atoms with van der Waals surface area (Å²) in [5.74, 6) is 0.332. The Labute approximate surface area is 187 Å². The lowest BCUT2D eigenvalue weighted by Crippen LogP contribution is -2.41. The molecule has 1 aromatic carbocycles. The van der Waals surface area contributed by atoms with Crippen LogP contribution in [0.5, 0.6) is 0 Å². The minimum absolute atomic E-state index is 0.139. The summed E-state index contributed by atoms with van der Waals surface area (Å²) < 4.78 is -0.139. The van der Waals surface area contributed by atoms with Crippen LogP contribution in [0.1, 0.15) is 11.1 Å². The third kappa shape index (κ3) is 5.63. The standard InChI is InChI=1S/C19H17Cl3N4O2S/c1-12-2-5-14(6-3-12)29-17(18(21)22)16(26(27)28)19-23-8-9-25(19)11-13-4-7-15(20)24-10-13/h2-7,10,16H,8-9,11H2,1H3. The number of pyridine rings is 1. The molecule has 2 heterocycles. The fourth-order valence-electron chi connectivity index (χ4n) is 2.88. The van der Waals surface area contributed by atoms with Gasteiger partial charge in [-0.25, -0.2) is 4.98 Å². The Hall–Kier alpha value is -1.80. The molecule has 0 saturated carbocycles. The van der Waals surface area contributed by atoms with Gasteiger partial charge in [0.25, 0.3) is 0 Å². The van der Waals surface area contributed by atoms with Gasteiger partial charge in [0, 0.05) is 29.1 Å². The van der Waals surface area contributed by atoms with Crippen molar-refractivity contribution < 1.29 is 4.92 Å². The number of nitrogens with zero attached hydrogens (tertiary/aromatic N) is 4. The van der Waals surface area contributed by atoms with E-state index in [0.717, 1.165) is 16.0 Å². The molecule has 1 unspecified atom stereocenters. The zero-order valence-corrected chi connectivity index (χ0v) is 18.5. The van der Waals surface area contributed by atoms with E-state index in [-0.39, 0.29) is 9.40 Å². The van der Waals surface area contributed by atoms with E-state index in [1.807, 2.05) is 42.2 Å². The van der Waals surface area contributed by atoms with Crippen molar-refractivity contribution in [2.45, 2.75) is 24.4 Å². The first-order chi connectivity index (χ1) is 13.8. The summed E-state index contributed by atoms with van der Waals surface area (Å²) >= 11 is 19.2. The highest BCUT2D eigenvalue weighted by atomic mass is 35.5. The van der Waals surface area contributed by atoms with Crippen LogP contribution in [0.25, 0.3) is 0 Å². The molecule has 1 aliphatic heterocycles. The maximum Gasteiger partial charge on any atom is 0.302 e. The highest BCUT2D eigenvalue weighted by Crippen LogP contribution is 2.37. The summed E-state index contributed by atoms with van der Waals surface area (Å²) in [6.07, 6.45) is 1.64. The van der Waals surface area contributed by atoms with Crippen molar-refractivity contribution in [1.82, 2.24) is 9.88 Å². The average Bonchev–Trinajstić information content (AvgIpc) is 3.12. The number of nitro groups is 1. The maximum absolute atomic E-state index is 12.0. The molecule has 1 atom stereocenters. The van der Waals surface area contributed by atoms with Gasteiger partial charge in [-0.2, -0.15) is 0 Å². The second kappa shape index (κ2) is 9.80. The Morgan fingerprint density at radius 2 is 2.00 bits per heavy atom. The number of aliphatic imine (C=N–C) groups is 1. The fourth-order valence-corrected chi connectivity index (χ4v) is 4.33. The van der Waals surface area contributed by atoms with Gasteiger partial charge in [-0.1, -0.05) is 70.3 Å². The summed E-state index contributed by atoms with van der Waals surface area (Å²) in [5, 5.41) is 12.4. The molecule has 0 spiro atoms. The molecular formula is C19H17Cl3N4O2S. The zero-order valence-electron chi connectivity index (χ0n) is 15.4.